The molecule has 0 radical (unpaired) electrons. The molecular formula is C10H15N3O3S. The van der Waals surface area contributed by atoms with Crippen molar-refractivity contribution in [1.82, 2.24) is 4.31 Å². The molecule has 7 heteroatoms. The highest BCUT2D eigenvalue weighted by Crippen LogP contribution is 2.07. The number of nitrogens with zero attached hydrogens (tertiary/aromatic N) is 1. The molecule has 17 heavy (non-hydrogen) atoms. The Bertz CT molecular complexity index is 473. The Balaban J connectivity index is 2.75. The predicted octanol–water partition coefficient (Wildman–Crippen LogP) is -0.433. The molecule has 0 saturated carbocycles. The highest BCUT2D eigenvalue weighted by molar-refractivity contribution is 7.86. The number of hydrogen-bond donors (Lipinski definition) is 2. The summed E-state index contributed by atoms with van der Waals surface area (Å²) in [5, 5.41) is 5.06. The van der Waals surface area contributed by atoms with Gasteiger partial charge in [-0.05, 0) is 5.56 Å². The van der Waals surface area contributed by atoms with E-state index in [2.05, 4.69) is 0 Å². The monoisotopic (exact) mass is 257 g/mol. The van der Waals surface area contributed by atoms with Crippen LogP contribution in [0.15, 0.2) is 30.3 Å². The second-order valence-corrected chi connectivity index (χ2v) is 5.13. The van der Waals surface area contributed by atoms with Crippen molar-refractivity contribution in [3.63, 3.8) is 0 Å². The SMILES string of the molecule is NC(=O)CCN(Cc1ccccc1)S(N)(=O)=O. The first-order valence-corrected chi connectivity index (χ1v) is 6.50. The molecule has 0 heterocycles. The maximum atomic E-state index is 11.3. The Morgan fingerprint density at radius 2 is 1.82 bits per heavy atom. The second-order valence-electron chi connectivity index (χ2n) is 3.58. The first-order valence-electron chi connectivity index (χ1n) is 4.99. The van der Waals surface area contributed by atoms with Gasteiger partial charge in [-0.1, -0.05) is 30.3 Å². The summed E-state index contributed by atoms with van der Waals surface area (Å²) in [5.41, 5.74) is 5.77. The molecule has 0 aliphatic heterocycles. The highest BCUT2D eigenvalue weighted by Gasteiger charge is 2.17. The van der Waals surface area contributed by atoms with Crippen LogP contribution in [0.5, 0.6) is 0 Å². The average Bonchev–Trinajstić information content (AvgIpc) is 2.23. The summed E-state index contributed by atoms with van der Waals surface area (Å²) in [6.07, 6.45) is -0.0523. The molecule has 1 rings (SSSR count). The topological polar surface area (TPSA) is 106 Å². The van der Waals surface area contributed by atoms with Gasteiger partial charge in [0.1, 0.15) is 0 Å². The molecule has 0 aromatic heterocycles. The largest absolute Gasteiger partial charge is 0.370 e. The molecule has 0 aliphatic rings. The molecule has 94 valence electrons. The molecule has 1 aromatic carbocycles. The fourth-order valence-corrected chi connectivity index (χ4v) is 1.99. The summed E-state index contributed by atoms with van der Waals surface area (Å²) >= 11 is 0. The van der Waals surface area contributed by atoms with Gasteiger partial charge in [-0.3, -0.25) is 4.79 Å². The summed E-state index contributed by atoms with van der Waals surface area (Å²) in [6.45, 7) is 0.121. The van der Waals surface area contributed by atoms with Crippen LogP contribution in [-0.4, -0.2) is 25.2 Å². The fraction of sp³-hybridized carbons (Fsp3) is 0.300. The van der Waals surface area contributed by atoms with Gasteiger partial charge < -0.3 is 5.73 Å². The number of carbonyl (C=O) groups is 1. The number of primary amides is 1. The number of benzene rings is 1. The van der Waals surface area contributed by atoms with E-state index >= 15 is 0 Å². The van der Waals surface area contributed by atoms with Crippen molar-refractivity contribution in [3.8, 4) is 0 Å². The van der Waals surface area contributed by atoms with E-state index in [9.17, 15) is 13.2 Å². The van der Waals surface area contributed by atoms with Gasteiger partial charge in [0.2, 0.25) is 5.91 Å². The summed E-state index contributed by atoms with van der Waals surface area (Å²) in [5.74, 6) is -0.563. The molecule has 0 unspecified atom stereocenters. The zero-order valence-electron chi connectivity index (χ0n) is 9.24. The van der Waals surface area contributed by atoms with Crippen molar-refractivity contribution in [2.24, 2.45) is 10.9 Å². The quantitative estimate of drug-likeness (QED) is 0.721. The minimum absolute atomic E-state index is 0.0109. The molecule has 0 aliphatic carbocycles. The van der Waals surface area contributed by atoms with Gasteiger partial charge >= 0.3 is 0 Å². The molecule has 1 amide bonds. The van der Waals surface area contributed by atoms with Gasteiger partial charge in [0.25, 0.3) is 10.2 Å². The average molecular weight is 257 g/mol. The van der Waals surface area contributed by atoms with E-state index in [1.165, 1.54) is 0 Å². The van der Waals surface area contributed by atoms with Gasteiger partial charge in [-0.25, -0.2) is 5.14 Å². The van der Waals surface area contributed by atoms with Crippen molar-refractivity contribution >= 4 is 16.1 Å². The fourth-order valence-electron chi connectivity index (χ4n) is 1.32. The number of rotatable bonds is 6. The van der Waals surface area contributed by atoms with Crippen LogP contribution in [-0.2, 0) is 21.5 Å². The molecule has 6 nitrogen and oxygen atoms in total. The summed E-state index contributed by atoms with van der Waals surface area (Å²) in [7, 11) is -3.83. The van der Waals surface area contributed by atoms with E-state index < -0.39 is 16.1 Å². The zero-order chi connectivity index (χ0) is 12.9. The maximum Gasteiger partial charge on any atom is 0.277 e. The van der Waals surface area contributed by atoms with Crippen LogP contribution in [0, 0.1) is 0 Å². The van der Waals surface area contributed by atoms with Crippen molar-refractivity contribution in [2.45, 2.75) is 13.0 Å². The molecule has 1 aromatic rings. The van der Waals surface area contributed by atoms with Gasteiger partial charge in [-0.15, -0.1) is 0 Å². The number of carbonyl (C=O) groups excluding carboxylic acids is 1. The van der Waals surface area contributed by atoms with E-state index in [1.807, 2.05) is 6.07 Å². The van der Waals surface area contributed by atoms with Crippen molar-refractivity contribution in [3.05, 3.63) is 35.9 Å². The first-order chi connectivity index (χ1) is 7.89. The lowest BCUT2D eigenvalue weighted by atomic mass is 10.2. The third-order valence-electron chi connectivity index (χ3n) is 2.17. The van der Waals surface area contributed by atoms with E-state index in [1.54, 1.807) is 24.3 Å². The van der Waals surface area contributed by atoms with Crippen LogP contribution in [0.1, 0.15) is 12.0 Å². The Morgan fingerprint density at radius 1 is 1.24 bits per heavy atom. The van der Waals surface area contributed by atoms with E-state index in [0.717, 1.165) is 9.87 Å². The Hall–Kier alpha value is -1.44. The Kier molecular flexibility index (Phi) is 4.62. The number of amides is 1. The van der Waals surface area contributed by atoms with Crippen LogP contribution in [0.4, 0.5) is 0 Å². The molecule has 4 N–H and O–H groups in total. The summed E-state index contributed by atoms with van der Waals surface area (Å²) in [4.78, 5) is 10.6. The molecule has 0 fully saturated rings. The van der Waals surface area contributed by atoms with Crippen molar-refractivity contribution < 1.29 is 13.2 Å². The smallest absolute Gasteiger partial charge is 0.277 e. The maximum absolute atomic E-state index is 11.3. The minimum atomic E-state index is -3.83. The van der Waals surface area contributed by atoms with Crippen LogP contribution >= 0.6 is 0 Å². The van der Waals surface area contributed by atoms with Crippen molar-refractivity contribution in [1.29, 1.82) is 0 Å². The third-order valence-corrected chi connectivity index (χ3v) is 3.20. The minimum Gasteiger partial charge on any atom is -0.370 e. The zero-order valence-corrected chi connectivity index (χ0v) is 10.1. The molecule has 0 atom stereocenters. The van der Waals surface area contributed by atoms with E-state index in [0.29, 0.717) is 0 Å². The molecule has 0 spiro atoms. The first kappa shape index (κ1) is 13.6. The standard InChI is InChI=1S/C10H15N3O3S/c11-10(14)6-7-13(17(12,15)16)8-9-4-2-1-3-5-9/h1-5H,6-8H2,(H2,11,14)(H2,12,15,16). The second kappa shape index (κ2) is 5.76. The molecule has 0 saturated heterocycles. The van der Waals surface area contributed by atoms with Gasteiger partial charge in [0.15, 0.2) is 0 Å². The summed E-state index contributed by atoms with van der Waals surface area (Å²) in [6, 6.07) is 8.98. The van der Waals surface area contributed by atoms with Crippen LogP contribution in [0.25, 0.3) is 0 Å². The van der Waals surface area contributed by atoms with Crippen LogP contribution in [0.3, 0.4) is 0 Å². The highest BCUT2D eigenvalue weighted by atomic mass is 32.2. The van der Waals surface area contributed by atoms with E-state index in [4.69, 9.17) is 10.9 Å². The molecular weight excluding hydrogens is 242 g/mol. The lowest BCUT2D eigenvalue weighted by Crippen LogP contribution is -2.38. The Labute approximate surface area is 100 Å². The Morgan fingerprint density at radius 3 is 2.29 bits per heavy atom. The normalized spacial score (nSPS) is 11.6. The third kappa shape index (κ3) is 4.94. The van der Waals surface area contributed by atoms with Crippen LogP contribution in [0.2, 0.25) is 0 Å². The van der Waals surface area contributed by atoms with Gasteiger partial charge in [0, 0.05) is 19.5 Å². The lowest BCUT2D eigenvalue weighted by Gasteiger charge is -2.18. The van der Waals surface area contributed by atoms with Crippen LogP contribution < -0.4 is 10.9 Å². The summed E-state index contributed by atoms with van der Waals surface area (Å²) < 4.78 is 23.6. The van der Waals surface area contributed by atoms with Gasteiger partial charge in [0.05, 0.1) is 0 Å². The lowest BCUT2D eigenvalue weighted by molar-refractivity contribution is -0.118. The predicted molar refractivity (Wildman–Crippen MR) is 63.8 cm³/mol. The number of hydrogen-bond acceptors (Lipinski definition) is 3. The van der Waals surface area contributed by atoms with Crippen molar-refractivity contribution in [2.75, 3.05) is 6.54 Å². The van der Waals surface area contributed by atoms with E-state index in [-0.39, 0.29) is 19.5 Å². The van der Waals surface area contributed by atoms with Gasteiger partial charge in [-0.2, -0.15) is 12.7 Å². The molecule has 0 bridgehead atoms. The number of nitrogens with two attached hydrogens (primary N) is 2.